The van der Waals surface area contributed by atoms with Crippen LogP contribution < -0.4 is 21.3 Å². The van der Waals surface area contributed by atoms with Crippen molar-refractivity contribution in [2.24, 2.45) is 0 Å². The van der Waals surface area contributed by atoms with E-state index < -0.39 is 0 Å². The molecule has 0 atom stereocenters. The number of nitrogens with one attached hydrogen (secondary N) is 4. The molecule has 2 fully saturated rings. The van der Waals surface area contributed by atoms with E-state index in [1.54, 1.807) is 18.3 Å². The van der Waals surface area contributed by atoms with Crippen LogP contribution in [0.1, 0.15) is 152 Å². The first-order chi connectivity index (χ1) is 37.1. The zero-order chi connectivity index (χ0) is 56.3. The Hall–Kier alpha value is -5.37. The van der Waals surface area contributed by atoms with Crippen LogP contribution in [0, 0.1) is 20.8 Å². The van der Waals surface area contributed by atoms with Crippen molar-refractivity contribution in [3.8, 4) is 0 Å². The van der Waals surface area contributed by atoms with E-state index in [1.807, 2.05) is 115 Å². The first-order valence-corrected chi connectivity index (χ1v) is 29.0. The Morgan fingerprint density at radius 3 is 1.57 bits per heavy atom. The summed E-state index contributed by atoms with van der Waals surface area (Å²) in [7, 11) is 8.76. The van der Waals surface area contributed by atoms with Crippen LogP contribution in [-0.4, -0.2) is 101 Å². The van der Waals surface area contributed by atoms with Crippen molar-refractivity contribution in [2.45, 2.75) is 151 Å². The first kappa shape index (κ1) is 64.2. The van der Waals surface area contributed by atoms with Crippen LogP contribution in [-0.2, 0) is 26.1 Å². The summed E-state index contributed by atoms with van der Waals surface area (Å²) in [4.78, 5) is 39.2. The molecule has 2 heterocycles. The van der Waals surface area contributed by atoms with Crippen LogP contribution in [0.25, 0.3) is 0 Å². The Morgan fingerprint density at radius 2 is 1.09 bits per heavy atom. The Bertz CT molecular complexity index is 2630. The Labute approximate surface area is 477 Å². The van der Waals surface area contributed by atoms with E-state index in [1.165, 1.54) is 69.8 Å². The Morgan fingerprint density at radius 1 is 0.610 bits per heavy atom. The topological polar surface area (TPSA) is 124 Å². The smallest absolute Gasteiger partial charge is 0.252 e. The van der Waals surface area contributed by atoms with Crippen molar-refractivity contribution in [1.29, 1.82) is 0 Å². The van der Waals surface area contributed by atoms with Crippen molar-refractivity contribution in [1.82, 2.24) is 39.5 Å². The molecule has 0 spiro atoms. The molecule has 77 heavy (non-hydrogen) atoms. The summed E-state index contributed by atoms with van der Waals surface area (Å²) in [5.41, 5.74) is 7.93. The van der Waals surface area contributed by atoms with E-state index in [9.17, 15) is 9.59 Å². The van der Waals surface area contributed by atoms with Gasteiger partial charge in [-0.1, -0.05) is 130 Å². The van der Waals surface area contributed by atoms with Gasteiger partial charge in [-0.15, -0.1) is 0 Å². The summed E-state index contributed by atoms with van der Waals surface area (Å²) >= 11 is 18.3. The minimum absolute atomic E-state index is 0.139. The molecule has 0 radical (unpaired) electrons. The first-order valence-electron chi connectivity index (χ1n) is 27.8. The van der Waals surface area contributed by atoms with E-state index in [0.29, 0.717) is 53.8 Å². The number of anilines is 2. The van der Waals surface area contributed by atoms with Gasteiger partial charge >= 0.3 is 0 Å². The maximum atomic E-state index is 12.8. The summed E-state index contributed by atoms with van der Waals surface area (Å²) in [6, 6.07) is 26.8. The molecule has 0 aliphatic heterocycles. The number of rotatable bonds is 17. The molecule has 4 N–H and O–H groups in total. The number of imidazole rings is 2. The zero-order valence-corrected chi connectivity index (χ0v) is 50.3. The lowest BCUT2D eigenvalue weighted by Crippen LogP contribution is -2.29. The predicted octanol–water partition coefficient (Wildman–Crippen LogP) is 14.3. The molecule has 2 aliphatic carbocycles. The molecule has 2 saturated carbocycles. The predicted molar refractivity (Wildman–Crippen MR) is 326 cm³/mol. The minimum Gasteiger partial charge on any atom is -0.385 e. The van der Waals surface area contributed by atoms with Crippen molar-refractivity contribution >= 4 is 58.0 Å². The lowest BCUT2D eigenvalue weighted by Gasteiger charge is -2.27. The highest BCUT2D eigenvalue weighted by Crippen LogP contribution is 2.27. The number of nitrogens with zero attached hydrogens (tertiary/aromatic N) is 6. The van der Waals surface area contributed by atoms with Gasteiger partial charge in [0, 0.05) is 107 Å². The van der Waals surface area contributed by atoms with Gasteiger partial charge in [0.05, 0.1) is 12.2 Å². The van der Waals surface area contributed by atoms with Crippen LogP contribution in [0.5, 0.6) is 0 Å². The van der Waals surface area contributed by atoms with Gasteiger partial charge in [-0.3, -0.25) is 9.59 Å². The second-order valence-corrected chi connectivity index (χ2v) is 21.3. The summed E-state index contributed by atoms with van der Waals surface area (Å²) in [5.74, 6) is 1.43. The van der Waals surface area contributed by atoms with Gasteiger partial charge in [0.2, 0.25) is 0 Å². The number of amides is 2. The van der Waals surface area contributed by atoms with E-state index in [0.717, 1.165) is 75.6 Å². The van der Waals surface area contributed by atoms with Crippen molar-refractivity contribution < 1.29 is 9.59 Å². The van der Waals surface area contributed by atoms with Crippen LogP contribution >= 0.6 is 34.8 Å². The second kappa shape index (κ2) is 34.5. The van der Waals surface area contributed by atoms with Gasteiger partial charge in [-0.05, 0) is 147 Å². The minimum atomic E-state index is -0.161. The molecule has 6 aromatic rings. The van der Waals surface area contributed by atoms with Gasteiger partial charge in [-0.25, -0.2) is 9.97 Å². The summed E-state index contributed by atoms with van der Waals surface area (Å²) < 4.78 is 4.14. The van der Waals surface area contributed by atoms with Crippen molar-refractivity contribution in [3.05, 3.63) is 163 Å². The standard InChI is InChI=1S/C22H24Cl2N4O.C22H25ClN4O.2C8H17N.C2H6/c1-3-25-20-13-18(24)12-19(15(20)2)22(29)27-9-8-21-26-10-11-28(21)14-16-4-6-17(23)7-5-16;1-4-24-20-11-18(23)10-19(16(20)3)22(28)25-12-21-26-15(2)13-27(21)14-17-8-6-5-7-9-17;2*1-9(2)8-6-4-3-5-7-8;1-2/h4-7,10-13,25H,3,8-9,14H2,1-2H3,(H,27,29);5-11,13,24H,4,12,14H2,1-3H3,(H,25,28);2*8H,3-7H2,1-2H3;1-2H3. The second-order valence-electron chi connectivity index (χ2n) is 20.0. The third-order valence-electron chi connectivity index (χ3n) is 13.9. The molecule has 8 rings (SSSR count). The fraction of sp³-hybridized carbons (Fsp3) is 0.484. The maximum absolute atomic E-state index is 12.8. The average molecular weight is 1110 g/mol. The number of carbonyl (C=O) groups is 2. The molecular formula is C62H89Cl3N10O2. The molecule has 2 aliphatic rings. The molecule has 0 unspecified atom stereocenters. The van der Waals surface area contributed by atoms with Crippen molar-refractivity contribution in [3.63, 3.8) is 0 Å². The molecule has 2 aromatic heterocycles. The summed E-state index contributed by atoms with van der Waals surface area (Å²) in [5, 5.41) is 14.2. The lowest BCUT2D eigenvalue weighted by molar-refractivity contribution is 0.0942. The zero-order valence-electron chi connectivity index (χ0n) is 48.0. The maximum Gasteiger partial charge on any atom is 0.252 e. The number of carbonyl (C=O) groups excluding carboxylic acids is 2. The number of halogens is 3. The van der Waals surface area contributed by atoms with Gasteiger partial charge < -0.3 is 40.2 Å². The lowest BCUT2D eigenvalue weighted by atomic mass is 9.95. The number of aryl methyl sites for hydroxylation is 1. The normalized spacial score (nSPS) is 13.4. The fourth-order valence-corrected chi connectivity index (χ4v) is 10.1. The third kappa shape index (κ3) is 21.8. The molecule has 420 valence electrons. The number of benzene rings is 4. The van der Waals surface area contributed by atoms with Gasteiger partial charge in [0.1, 0.15) is 11.6 Å². The summed E-state index contributed by atoms with van der Waals surface area (Å²) in [6.45, 7) is 17.6. The molecular weight excluding hydrogens is 1020 g/mol. The van der Waals surface area contributed by atoms with E-state index in [-0.39, 0.29) is 11.8 Å². The molecule has 4 aromatic carbocycles. The monoisotopic (exact) mass is 1110 g/mol. The van der Waals surface area contributed by atoms with Crippen LogP contribution in [0.3, 0.4) is 0 Å². The van der Waals surface area contributed by atoms with Gasteiger partial charge in [-0.2, -0.15) is 0 Å². The van der Waals surface area contributed by atoms with E-state index in [4.69, 9.17) is 34.8 Å². The highest BCUT2D eigenvalue weighted by molar-refractivity contribution is 6.32. The van der Waals surface area contributed by atoms with Gasteiger partial charge in [0.15, 0.2) is 0 Å². The third-order valence-corrected chi connectivity index (χ3v) is 14.6. The van der Waals surface area contributed by atoms with E-state index in [2.05, 4.69) is 90.5 Å². The Balaban J connectivity index is 0.000000246. The molecule has 15 heteroatoms. The van der Waals surface area contributed by atoms with Crippen LogP contribution in [0.15, 0.2) is 97.5 Å². The Kier molecular flexibility index (Phi) is 28.7. The van der Waals surface area contributed by atoms with Crippen LogP contribution in [0.2, 0.25) is 15.1 Å². The van der Waals surface area contributed by atoms with Crippen molar-refractivity contribution in [2.75, 3.05) is 58.5 Å². The molecule has 2 amide bonds. The number of aromatic nitrogens is 4. The SMILES string of the molecule is CC.CCNc1cc(Cl)cc(C(=O)NCCc2nccn2Cc2ccc(Cl)cc2)c1C.CCNc1cc(Cl)cc(C(=O)NCc2nc(C)cn2Cc2ccccc2)c1C.CN(C)C1CCCCC1.CN(C)C1CCCCC1. The average Bonchev–Trinajstić information content (AvgIpc) is 4.03. The van der Waals surface area contributed by atoms with E-state index >= 15 is 0 Å². The summed E-state index contributed by atoms with van der Waals surface area (Å²) in [6.07, 6.45) is 20.8. The number of hydrogen-bond acceptors (Lipinski definition) is 8. The molecule has 12 nitrogen and oxygen atoms in total. The fourth-order valence-electron chi connectivity index (χ4n) is 9.56. The largest absolute Gasteiger partial charge is 0.385 e. The quantitative estimate of drug-likeness (QED) is 0.0712. The highest BCUT2D eigenvalue weighted by atomic mass is 35.5. The van der Waals surface area contributed by atoms with Crippen LogP contribution in [0.4, 0.5) is 11.4 Å². The number of hydrogen-bond donors (Lipinski definition) is 4. The van der Waals surface area contributed by atoms with Gasteiger partial charge in [0.25, 0.3) is 11.8 Å². The molecule has 0 saturated heterocycles. The highest BCUT2D eigenvalue weighted by Gasteiger charge is 2.18. The molecule has 0 bridgehead atoms.